The highest BCUT2D eigenvalue weighted by Crippen LogP contribution is 2.35. The van der Waals surface area contributed by atoms with Crippen LogP contribution in [0.5, 0.6) is 0 Å². The molecule has 6 nitrogen and oxygen atoms in total. The molecule has 0 atom stereocenters. The lowest BCUT2D eigenvalue weighted by Crippen LogP contribution is -2.19. The van der Waals surface area contributed by atoms with Crippen LogP contribution < -0.4 is 5.32 Å². The number of halogens is 2. The number of tetrazole rings is 1. The fourth-order valence-electron chi connectivity index (χ4n) is 1.91. The molecule has 9 heteroatoms. The molecule has 0 saturated heterocycles. The summed E-state index contributed by atoms with van der Waals surface area (Å²) in [6.07, 6.45) is 1.35. The SMILES string of the molecule is O=C(Cn1cnnn1)Nc1cc(Cl)ccc1Sc1ccc(F)cc1. The number of nitrogens with one attached hydrogen (secondary N) is 1. The summed E-state index contributed by atoms with van der Waals surface area (Å²) in [5.74, 6) is -0.587. The van der Waals surface area contributed by atoms with Crippen molar-refractivity contribution < 1.29 is 9.18 Å². The Labute approximate surface area is 146 Å². The van der Waals surface area contributed by atoms with Gasteiger partial charge in [0, 0.05) is 14.8 Å². The first-order chi connectivity index (χ1) is 11.6. The average molecular weight is 364 g/mol. The Morgan fingerprint density at radius 1 is 1.25 bits per heavy atom. The number of hydrogen-bond acceptors (Lipinski definition) is 5. The van der Waals surface area contributed by atoms with Crippen molar-refractivity contribution in [2.75, 3.05) is 5.32 Å². The van der Waals surface area contributed by atoms with Gasteiger partial charge in [-0.05, 0) is 52.9 Å². The van der Waals surface area contributed by atoms with E-state index in [1.54, 1.807) is 30.3 Å². The van der Waals surface area contributed by atoms with E-state index in [4.69, 9.17) is 11.6 Å². The summed E-state index contributed by atoms with van der Waals surface area (Å²) in [5.41, 5.74) is 0.565. The highest BCUT2D eigenvalue weighted by atomic mass is 35.5. The smallest absolute Gasteiger partial charge is 0.246 e. The van der Waals surface area contributed by atoms with E-state index >= 15 is 0 Å². The summed E-state index contributed by atoms with van der Waals surface area (Å²) >= 11 is 7.41. The van der Waals surface area contributed by atoms with Gasteiger partial charge in [0.15, 0.2) is 0 Å². The number of hydrogen-bond donors (Lipinski definition) is 1. The molecule has 24 heavy (non-hydrogen) atoms. The van der Waals surface area contributed by atoms with Gasteiger partial charge >= 0.3 is 0 Å². The van der Waals surface area contributed by atoms with Gasteiger partial charge in [-0.1, -0.05) is 23.4 Å². The lowest BCUT2D eigenvalue weighted by Gasteiger charge is -2.11. The fourth-order valence-corrected chi connectivity index (χ4v) is 2.96. The van der Waals surface area contributed by atoms with Gasteiger partial charge in [0.1, 0.15) is 18.7 Å². The van der Waals surface area contributed by atoms with Crippen LogP contribution >= 0.6 is 23.4 Å². The van der Waals surface area contributed by atoms with Crippen molar-refractivity contribution in [3.8, 4) is 0 Å². The molecule has 0 fully saturated rings. The second-order valence-electron chi connectivity index (χ2n) is 4.75. The highest BCUT2D eigenvalue weighted by Gasteiger charge is 2.10. The summed E-state index contributed by atoms with van der Waals surface area (Å²) in [7, 11) is 0. The molecular formula is C15H11ClFN5OS. The predicted octanol–water partition coefficient (Wildman–Crippen LogP) is 3.26. The van der Waals surface area contributed by atoms with Gasteiger partial charge in [-0.15, -0.1) is 5.10 Å². The third-order valence-corrected chi connectivity index (χ3v) is 4.27. The quantitative estimate of drug-likeness (QED) is 0.753. The molecule has 0 radical (unpaired) electrons. The molecule has 0 spiro atoms. The van der Waals surface area contributed by atoms with E-state index in [0.717, 1.165) is 9.79 Å². The minimum Gasteiger partial charge on any atom is -0.323 e. The van der Waals surface area contributed by atoms with E-state index in [1.165, 1.54) is 34.9 Å². The first-order valence-corrected chi connectivity index (χ1v) is 8.03. The van der Waals surface area contributed by atoms with Crippen molar-refractivity contribution in [2.24, 2.45) is 0 Å². The normalized spacial score (nSPS) is 10.6. The van der Waals surface area contributed by atoms with Crippen molar-refractivity contribution in [3.05, 3.63) is 59.6 Å². The van der Waals surface area contributed by atoms with Gasteiger partial charge in [0.25, 0.3) is 0 Å². The molecule has 0 bridgehead atoms. The minimum absolute atomic E-state index is 0.0137. The molecule has 1 aromatic heterocycles. The van der Waals surface area contributed by atoms with Gasteiger partial charge in [-0.2, -0.15) is 0 Å². The number of amides is 1. The van der Waals surface area contributed by atoms with Crippen LogP contribution in [-0.4, -0.2) is 26.1 Å². The Morgan fingerprint density at radius 3 is 2.75 bits per heavy atom. The summed E-state index contributed by atoms with van der Waals surface area (Å²) in [4.78, 5) is 13.7. The van der Waals surface area contributed by atoms with Gasteiger partial charge in [-0.3, -0.25) is 4.79 Å². The molecule has 2 aromatic carbocycles. The van der Waals surface area contributed by atoms with Crippen molar-refractivity contribution in [1.82, 2.24) is 20.2 Å². The summed E-state index contributed by atoms with van der Waals surface area (Å²) < 4.78 is 14.3. The number of carbonyl (C=O) groups is 1. The monoisotopic (exact) mass is 363 g/mol. The first kappa shape index (κ1) is 16.4. The summed E-state index contributed by atoms with van der Waals surface area (Å²) in [5, 5.41) is 13.9. The molecule has 0 aliphatic rings. The number of benzene rings is 2. The minimum atomic E-state index is -0.301. The van der Waals surface area contributed by atoms with Gasteiger partial charge in [0.05, 0.1) is 5.69 Å². The van der Waals surface area contributed by atoms with E-state index in [1.807, 2.05) is 0 Å². The maximum atomic E-state index is 13.0. The van der Waals surface area contributed by atoms with E-state index < -0.39 is 0 Å². The van der Waals surface area contributed by atoms with Crippen LogP contribution in [0, 0.1) is 5.82 Å². The van der Waals surface area contributed by atoms with Crippen LogP contribution in [0.1, 0.15) is 0 Å². The standard InChI is InChI=1S/C15H11ClFN5OS/c16-10-1-6-14(24-12-4-2-11(17)3-5-12)13(7-10)19-15(23)8-22-9-18-20-21-22/h1-7,9H,8H2,(H,19,23). The fraction of sp³-hybridized carbons (Fsp3) is 0.0667. The van der Waals surface area contributed by atoms with Crippen LogP contribution in [0.15, 0.2) is 58.6 Å². The molecule has 122 valence electrons. The maximum Gasteiger partial charge on any atom is 0.246 e. The van der Waals surface area contributed by atoms with Crippen LogP contribution in [0.3, 0.4) is 0 Å². The third-order valence-electron chi connectivity index (χ3n) is 2.95. The predicted molar refractivity (Wildman–Crippen MR) is 88.4 cm³/mol. The van der Waals surface area contributed by atoms with Crippen LogP contribution in [0.25, 0.3) is 0 Å². The molecule has 0 aliphatic carbocycles. The highest BCUT2D eigenvalue weighted by molar-refractivity contribution is 7.99. The zero-order chi connectivity index (χ0) is 16.9. The van der Waals surface area contributed by atoms with E-state index in [0.29, 0.717) is 10.7 Å². The molecular weight excluding hydrogens is 353 g/mol. The Bertz CT molecular complexity index is 842. The number of carbonyl (C=O) groups excluding carboxylic acids is 1. The molecule has 1 heterocycles. The Balaban J connectivity index is 1.77. The van der Waals surface area contributed by atoms with Crippen LogP contribution in [-0.2, 0) is 11.3 Å². The van der Waals surface area contributed by atoms with Crippen LogP contribution in [0.2, 0.25) is 5.02 Å². The molecule has 1 amide bonds. The van der Waals surface area contributed by atoms with Crippen molar-refractivity contribution in [3.63, 3.8) is 0 Å². The zero-order valence-corrected chi connectivity index (χ0v) is 13.8. The molecule has 1 N–H and O–H groups in total. The van der Waals surface area contributed by atoms with Crippen molar-refractivity contribution in [2.45, 2.75) is 16.3 Å². The average Bonchev–Trinajstić information content (AvgIpc) is 3.05. The Kier molecular flexibility index (Phi) is 5.07. The van der Waals surface area contributed by atoms with E-state index in [-0.39, 0.29) is 18.3 Å². The number of anilines is 1. The Hall–Kier alpha value is -2.45. The van der Waals surface area contributed by atoms with Crippen molar-refractivity contribution >= 4 is 35.0 Å². The second-order valence-corrected chi connectivity index (χ2v) is 6.30. The molecule has 0 saturated carbocycles. The largest absolute Gasteiger partial charge is 0.323 e. The van der Waals surface area contributed by atoms with Gasteiger partial charge in [-0.25, -0.2) is 9.07 Å². The molecule has 0 aliphatic heterocycles. The first-order valence-electron chi connectivity index (χ1n) is 6.84. The second kappa shape index (κ2) is 7.41. The lowest BCUT2D eigenvalue weighted by atomic mass is 10.3. The zero-order valence-electron chi connectivity index (χ0n) is 12.2. The molecule has 3 rings (SSSR count). The molecule has 0 unspecified atom stereocenters. The van der Waals surface area contributed by atoms with Gasteiger partial charge in [0.2, 0.25) is 5.91 Å². The van der Waals surface area contributed by atoms with E-state index in [2.05, 4.69) is 20.8 Å². The topological polar surface area (TPSA) is 72.7 Å². The number of nitrogens with zero attached hydrogens (tertiary/aromatic N) is 4. The lowest BCUT2D eigenvalue weighted by molar-refractivity contribution is -0.116. The Morgan fingerprint density at radius 2 is 2.04 bits per heavy atom. The molecule has 3 aromatic rings. The van der Waals surface area contributed by atoms with Gasteiger partial charge < -0.3 is 5.32 Å². The summed E-state index contributed by atoms with van der Waals surface area (Å²) in [6.45, 7) is -0.0137. The van der Waals surface area contributed by atoms with Crippen molar-refractivity contribution in [1.29, 1.82) is 0 Å². The summed E-state index contributed by atoms with van der Waals surface area (Å²) in [6, 6.07) is 11.3. The number of aromatic nitrogens is 4. The third kappa shape index (κ3) is 4.30. The number of rotatable bonds is 5. The van der Waals surface area contributed by atoms with Crippen LogP contribution in [0.4, 0.5) is 10.1 Å². The van der Waals surface area contributed by atoms with E-state index in [9.17, 15) is 9.18 Å². The maximum absolute atomic E-state index is 13.0.